The summed E-state index contributed by atoms with van der Waals surface area (Å²) in [6.07, 6.45) is 3.51. The lowest BCUT2D eigenvalue weighted by Crippen LogP contribution is -2.38. The molecule has 2 rings (SSSR count). The Kier molecular flexibility index (Phi) is 4.67. The number of hydrogen-bond acceptors (Lipinski definition) is 1. The van der Waals surface area contributed by atoms with E-state index in [2.05, 4.69) is 42.0 Å². The quantitative estimate of drug-likeness (QED) is 0.808. The third-order valence-corrected chi connectivity index (χ3v) is 4.75. The van der Waals surface area contributed by atoms with Gasteiger partial charge in [-0.25, -0.2) is 4.39 Å². The van der Waals surface area contributed by atoms with E-state index < -0.39 is 0 Å². The van der Waals surface area contributed by atoms with Crippen LogP contribution in [0.15, 0.2) is 22.7 Å². The summed E-state index contributed by atoms with van der Waals surface area (Å²) in [4.78, 5) is 0. The van der Waals surface area contributed by atoms with E-state index in [-0.39, 0.29) is 11.2 Å². The van der Waals surface area contributed by atoms with Crippen LogP contribution in [0.25, 0.3) is 0 Å². The van der Waals surface area contributed by atoms with Gasteiger partial charge in [0.15, 0.2) is 0 Å². The average Bonchev–Trinajstić information content (AvgIpc) is 3.08. The molecule has 0 heterocycles. The average molecular weight is 328 g/mol. The molecule has 19 heavy (non-hydrogen) atoms. The second kappa shape index (κ2) is 5.92. The van der Waals surface area contributed by atoms with Crippen LogP contribution in [0.3, 0.4) is 0 Å². The molecule has 1 aromatic rings. The SMILES string of the molecule is CC(C)C(C)(CNC1CC1)Cc1cc(F)cc(Br)c1. The smallest absolute Gasteiger partial charge is 0.124 e. The van der Waals surface area contributed by atoms with Crippen molar-refractivity contribution in [2.45, 2.75) is 46.1 Å². The third-order valence-electron chi connectivity index (χ3n) is 4.30. The van der Waals surface area contributed by atoms with Crippen LogP contribution in [0.5, 0.6) is 0 Å². The van der Waals surface area contributed by atoms with Gasteiger partial charge in [-0.05, 0) is 54.4 Å². The van der Waals surface area contributed by atoms with Gasteiger partial charge in [0.25, 0.3) is 0 Å². The van der Waals surface area contributed by atoms with E-state index in [1.165, 1.54) is 18.9 Å². The Morgan fingerprint density at radius 1 is 1.37 bits per heavy atom. The summed E-state index contributed by atoms with van der Waals surface area (Å²) in [5, 5.41) is 3.62. The molecule has 1 nitrogen and oxygen atoms in total. The predicted molar refractivity (Wildman–Crippen MR) is 81.8 cm³/mol. The van der Waals surface area contributed by atoms with Crippen molar-refractivity contribution in [2.75, 3.05) is 6.54 Å². The van der Waals surface area contributed by atoms with Crippen LogP contribution in [0, 0.1) is 17.2 Å². The van der Waals surface area contributed by atoms with Crippen molar-refractivity contribution < 1.29 is 4.39 Å². The third kappa shape index (κ3) is 4.28. The van der Waals surface area contributed by atoms with Crippen LogP contribution in [-0.2, 0) is 6.42 Å². The molecule has 1 N–H and O–H groups in total. The molecule has 1 aromatic carbocycles. The van der Waals surface area contributed by atoms with Gasteiger partial charge < -0.3 is 5.32 Å². The Hall–Kier alpha value is -0.410. The molecule has 0 amide bonds. The largest absolute Gasteiger partial charge is 0.313 e. The van der Waals surface area contributed by atoms with Gasteiger partial charge in [0.05, 0.1) is 0 Å². The Balaban J connectivity index is 2.09. The molecule has 1 fully saturated rings. The Morgan fingerprint density at radius 2 is 2.05 bits per heavy atom. The zero-order valence-electron chi connectivity index (χ0n) is 12.0. The van der Waals surface area contributed by atoms with Crippen LogP contribution >= 0.6 is 15.9 Å². The van der Waals surface area contributed by atoms with E-state index >= 15 is 0 Å². The molecule has 106 valence electrons. The highest BCUT2D eigenvalue weighted by molar-refractivity contribution is 9.10. The van der Waals surface area contributed by atoms with Crippen LogP contribution in [-0.4, -0.2) is 12.6 Å². The molecule has 1 aliphatic carbocycles. The summed E-state index contributed by atoms with van der Waals surface area (Å²) in [6, 6.07) is 5.92. The highest BCUT2D eigenvalue weighted by atomic mass is 79.9. The maximum atomic E-state index is 13.5. The molecule has 0 radical (unpaired) electrons. The van der Waals surface area contributed by atoms with Crippen molar-refractivity contribution in [1.29, 1.82) is 0 Å². The molecule has 0 aliphatic heterocycles. The van der Waals surface area contributed by atoms with Gasteiger partial charge in [-0.1, -0.05) is 36.7 Å². The zero-order chi connectivity index (χ0) is 14.0. The predicted octanol–water partition coefficient (Wildman–Crippen LogP) is 4.55. The topological polar surface area (TPSA) is 12.0 Å². The fourth-order valence-electron chi connectivity index (χ4n) is 2.32. The number of rotatable bonds is 6. The molecule has 3 heteroatoms. The minimum absolute atomic E-state index is 0.161. The molecule has 0 saturated heterocycles. The second-order valence-corrected chi connectivity index (χ2v) is 7.33. The first-order valence-corrected chi connectivity index (χ1v) is 7.87. The standard InChI is InChI=1S/C16H23BrFN/c1-11(2)16(3,10-19-15-4-5-15)9-12-6-13(17)8-14(18)7-12/h6-8,11,15,19H,4-5,9-10H2,1-3H3. The van der Waals surface area contributed by atoms with Crippen molar-refractivity contribution in [1.82, 2.24) is 5.32 Å². The molecule has 0 spiro atoms. The van der Waals surface area contributed by atoms with Gasteiger partial charge in [0.1, 0.15) is 5.82 Å². The fraction of sp³-hybridized carbons (Fsp3) is 0.625. The van der Waals surface area contributed by atoms with Crippen LogP contribution < -0.4 is 5.32 Å². The maximum Gasteiger partial charge on any atom is 0.124 e. The van der Waals surface area contributed by atoms with Crippen LogP contribution in [0.2, 0.25) is 0 Å². The lowest BCUT2D eigenvalue weighted by atomic mass is 9.74. The fourth-order valence-corrected chi connectivity index (χ4v) is 2.83. The van der Waals surface area contributed by atoms with Crippen molar-refractivity contribution in [2.24, 2.45) is 11.3 Å². The van der Waals surface area contributed by atoms with E-state index in [1.54, 1.807) is 6.07 Å². The molecule has 0 bridgehead atoms. The van der Waals surface area contributed by atoms with Crippen molar-refractivity contribution in [3.8, 4) is 0 Å². The minimum Gasteiger partial charge on any atom is -0.313 e. The van der Waals surface area contributed by atoms with E-state index in [9.17, 15) is 4.39 Å². The second-order valence-electron chi connectivity index (χ2n) is 6.42. The van der Waals surface area contributed by atoms with Crippen molar-refractivity contribution in [3.63, 3.8) is 0 Å². The molecule has 0 aromatic heterocycles. The summed E-state index contributed by atoms with van der Waals surface area (Å²) in [7, 11) is 0. The Labute approximate surface area is 124 Å². The minimum atomic E-state index is -0.161. The summed E-state index contributed by atoms with van der Waals surface area (Å²) in [5.41, 5.74) is 1.23. The number of benzene rings is 1. The first-order valence-electron chi connectivity index (χ1n) is 7.07. The summed E-state index contributed by atoms with van der Waals surface area (Å²) >= 11 is 3.37. The molecule has 1 atom stereocenters. The van der Waals surface area contributed by atoms with Crippen molar-refractivity contribution in [3.05, 3.63) is 34.1 Å². The van der Waals surface area contributed by atoms with E-state index in [0.717, 1.165) is 29.0 Å². The van der Waals surface area contributed by atoms with Gasteiger partial charge in [-0.3, -0.25) is 0 Å². The number of hydrogen-bond donors (Lipinski definition) is 1. The maximum absolute atomic E-state index is 13.5. The highest BCUT2D eigenvalue weighted by Gasteiger charge is 2.31. The summed E-state index contributed by atoms with van der Waals surface area (Å²) in [6.45, 7) is 7.81. The Morgan fingerprint density at radius 3 is 2.58 bits per heavy atom. The van der Waals surface area contributed by atoms with Gasteiger partial charge in [0.2, 0.25) is 0 Å². The highest BCUT2D eigenvalue weighted by Crippen LogP contribution is 2.33. The lowest BCUT2D eigenvalue weighted by molar-refractivity contribution is 0.206. The molecular weight excluding hydrogens is 305 g/mol. The zero-order valence-corrected chi connectivity index (χ0v) is 13.6. The number of nitrogens with one attached hydrogen (secondary N) is 1. The summed E-state index contributed by atoms with van der Waals surface area (Å²) in [5.74, 6) is 0.395. The monoisotopic (exact) mass is 327 g/mol. The summed E-state index contributed by atoms with van der Waals surface area (Å²) < 4.78 is 14.3. The molecule has 1 unspecified atom stereocenters. The normalized spacial score (nSPS) is 18.6. The molecule has 1 saturated carbocycles. The molecular formula is C16H23BrFN. The van der Waals surface area contributed by atoms with Gasteiger partial charge in [-0.15, -0.1) is 0 Å². The van der Waals surface area contributed by atoms with Crippen LogP contribution in [0.4, 0.5) is 4.39 Å². The lowest BCUT2D eigenvalue weighted by Gasteiger charge is -2.34. The van der Waals surface area contributed by atoms with Crippen molar-refractivity contribution >= 4 is 15.9 Å². The van der Waals surface area contributed by atoms with Gasteiger partial charge in [0, 0.05) is 17.1 Å². The van der Waals surface area contributed by atoms with Gasteiger partial charge >= 0.3 is 0 Å². The first-order chi connectivity index (χ1) is 8.89. The first kappa shape index (κ1) is 15.0. The van der Waals surface area contributed by atoms with E-state index in [4.69, 9.17) is 0 Å². The van der Waals surface area contributed by atoms with E-state index in [0.29, 0.717) is 5.92 Å². The Bertz CT molecular complexity index is 422. The van der Waals surface area contributed by atoms with E-state index in [1.807, 2.05) is 6.07 Å². The molecule has 1 aliphatic rings. The number of halogens is 2. The van der Waals surface area contributed by atoms with Crippen LogP contribution in [0.1, 0.15) is 39.2 Å². The van der Waals surface area contributed by atoms with Gasteiger partial charge in [-0.2, -0.15) is 0 Å².